The van der Waals surface area contributed by atoms with E-state index in [0.717, 1.165) is 25.7 Å². The Bertz CT molecular complexity index is 240. The van der Waals surface area contributed by atoms with Crippen molar-refractivity contribution >= 4 is 5.91 Å². The highest BCUT2D eigenvalue weighted by Crippen LogP contribution is 2.38. The molecule has 0 heterocycles. The van der Waals surface area contributed by atoms with E-state index >= 15 is 0 Å². The Kier molecular flexibility index (Phi) is 5.88. The summed E-state index contributed by atoms with van der Waals surface area (Å²) in [5, 5.41) is 9.02. The van der Waals surface area contributed by atoms with Gasteiger partial charge < -0.3 is 20.5 Å². The first kappa shape index (κ1) is 14.4. The second-order valence-electron chi connectivity index (χ2n) is 4.70. The molecule has 0 aromatic rings. The highest BCUT2D eigenvalue weighted by molar-refractivity contribution is 5.83. The Morgan fingerprint density at radius 1 is 1.41 bits per heavy atom. The SMILES string of the molecule is COCCN(CCO)C(=O)C1(CN)CCCC1. The fraction of sp³-hybridized carbons (Fsp3) is 0.917. The zero-order chi connectivity index (χ0) is 12.7. The molecule has 0 unspecified atom stereocenters. The molecule has 5 nitrogen and oxygen atoms in total. The predicted molar refractivity (Wildman–Crippen MR) is 65.5 cm³/mol. The van der Waals surface area contributed by atoms with Gasteiger partial charge in [-0.3, -0.25) is 4.79 Å². The molecule has 0 aromatic carbocycles. The standard InChI is InChI=1S/C12H24N2O3/c1-17-9-7-14(6-8-15)11(16)12(10-13)4-2-3-5-12/h15H,2-10,13H2,1H3. The first-order valence-electron chi connectivity index (χ1n) is 6.29. The number of aliphatic hydroxyl groups excluding tert-OH is 1. The lowest BCUT2D eigenvalue weighted by Gasteiger charge is -2.33. The van der Waals surface area contributed by atoms with Crippen LogP contribution in [0.2, 0.25) is 0 Å². The minimum absolute atomic E-state index is 0.0178. The number of methoxy groups -OCH3 is 1. The van der Waals surface area contributed by atoms with Gasteiger partial charge in [0.15, 0.2) is 0 Å². The van der Waals surface area contributed by atoms with Crippen molar-refractivity contribution in [2.24, 2.45) is 11.1 Å². The van der Waals surface area contributed by atoms with Gasteiger partial charge in [0.05, 0.1) is 18.6 Å². The van der Waals surface area contributed by atoms with Gasteiger partial charge in [0.1, 0.15) is 0 Å². The van der Waals surface area contributed by atoms with Crippen molar-refractivity contribution in [2.75, 3.05) is 40.0 Å². The monoisotopic (exact) mass is 244 g/mol. The predicted octanol–water partition coefficient (Wildman–Crippen LogP) is -0.0272. The fourth-order valence-corrected chi connectivity index (χ4v) is 2.53. The first-order chi connectivity index (χ1) is 8.20. The Labute approximate surface area is 103 Å². The molecule has 5 heteroatoms. The number of hydrogen-bond donors (Lipinski definition) is 2. The van der Waals surface area contributed by atoms with Gasteiger partial charge in [0.25, 0.3) is 0 Å². The summed E-state index contributed by atoms with van der Waals surface area (Å²) in [6, 6.07) is 0. The molecule has 3 N–H and O–H groups in total. The lowest BCUT2D eigenvalue weighted by atomic mass is 9.84. The summed E-state index contributed by atoms with van der Waals surface area (Å²) in [4.78, 5) is 14.2. The molecule has 0 atom stereocenters. The van der Waals surface area contributed by atoms with Crippen LogP contribution in [0.5, 0.6) is 0 Å². The van der Waals surface area contributed by atoms with Crippen molar-refractivity contribution in [3.63, 3.8) is 0 Å². The van der Waals surface area contributed by atoms with Gasteiger partial charge >= 0.3 is 0 Å². The zero-order valence-corrected chi connectivity index (χ0v) is 10.7. The molecule has 0 aromatic heterocycles. The average Bonchev–Trinajstić information content (AvgIpc) is 2.83. The van der Waals surface area contributed by atoms with E-state index < -0.39 is 0 Å². The normalized spacial score (nSPS) is 18.3. The third kappa shape index (κ3) is 3.40. The average molecular weight is 244 g/mol. The van der Waals surface area contributed by atoms with E-state index in [1.165, 1.54) is 0 Å². The molecule has 0 aliphatic heterocycles. The highest BCUT2D eigenvalue weighted by Gasteiger charge is 2.42. The van der Waals surface area contributed by atoms with Crippen LogP contribution >= 0.6 is 0 Å². The smallest absolute Gasteiger partial charge is 0.230 e. The van der Waals surface area contributed by atoms with Crippen LogP contribution in [0.3, 0.4) is 0 Å². The Morgan fingerprint density at radius 3 is 2.53 bits per heavy atom. The van der Waals surface area contributed by atoms with E-state index in [1.807, 2.05) is 0 Å². The maximum atomic E-state index is 12.5. The van der Waals surface area contributed by atoms with Crippen molar-refractivity contribution in [3.8, 4) is 0 Å². The van der Waals surface area contributed by atoms with Crippen LogP contribution in [0, 0.1) is 5.41 Å². The van der Waals surface area contributed by atoms with Gasteiger partial charge in [0.2, 0.25) is 5.91 Å². The van der Waals surface area contributed by atoms with E-state index in [2.05, 4.69) is 0 Å². The van der Waals surface area contributed by atoms with Gasteiger partial charge in [-0.15, -0.1) is 0 Å². The molecule has 1 aliphatic carbocycles. The second-order valence-corrected chi connectivity index (χ2v) is 4.70. The lowest BCUT2D eigenvalue weighted by molar-refractivity contribution is -0.142. The molecule has 1 amide bonds. The van der Waals surface area contributed by atoms with E-state index in [1.54, 1.807) is 12.0 Å². The van der Waals surface area contributed by atoms with Crippen LogP contribution in [0.1, 0.15) is 25.7 Å². The molecule has 0 radical (unpaired) electrons. The van der Waals surface area contributed by atoms with Gasteiger partial charge in [-0.2, -0.15) is 0 Å². The second kappa shape index (κ2) is 6.93. The van der Waals surface area contributed by atoms with Gasteiger partial charge in [-0.05, 0) is 12.8 Å². The lowest BCUT2D eigenvalue weighted by Crippen LogP contribution is -2.48. The Morgan fingerprint density at radius 2 is 2.06 bits per heavy atom. The number of amides is 1. The minimum atomic E-state index is -0.386. The molecule has 1 fully saturated rings. The maximum absolute atomic E-state index is 12.5. The molecule has 0 bridgehead atoms. The van der Waals surface area contributed by atoms with E-state index in [9.17, 15) is 4.79 Å². The number of aliphatic hydroxyl groups is 1. The van der Waals surface area contributed by atoms with E-state index in [-0.39, 0.29) is 17.9 Å². The summed E-state index contributed by atoms with van der Waals surface area (Å²) < 4.78 is 4.99. The van der Waals surface area contributed by atoms with E-state index in [0.29, 0.717) is 26.2 Å². The van der Waals surface area contributed by atoms with Crippen molar-refractivity contribution in [1.82, 2.24) is 4.90 Å². The number of carbonyl (C=O) groups excluding carboxylic acids is 1. The molecular formula is C12H24N2O3. The van der Waals surface area contributed by atoms with Crippen molar-refractivity contribution < 1.29 is 14.6 Å². The third-order valence-corrected chi connectivity index (χ3v) is 3.63. The molecule has 0 saturated heterocycles. The number of rotatable bonds is 7. The molecule has 1 aliphatic rings. The number of ether oxygens (including phenoxy) is 1. The van der Waals surface area contributed by atoms with Crippen LogP contribution < -0.4 is 5.73 Å². The first-order valence-corrected chi connectivity index (χ1v) is 6.29. The van der Waals surface area contributed by atoms with Crippen molar-refractivity contribution in [1.29, 1.82) is 0 Å². The summed E-state index contributed by atoms with van der Waals surface area (Å²) >= 11 is 0. The van der Waals surface area contributed by atoms with Gasteiger partial charge in [-0.25, -0.2) is 0 Å². The van der Waals surface area contributed by atoms with Crippen LogP contribution in [0.4, 0.5) is 0 Å². The maximum Gasteiger partial charge on any atom is 0.230 e. The molecule has 100 valence electrons. The van der Waals surface area contributed by atoms with Gasteiger partial charge in [-0.1, -0.05) is 12.8 Å². The van der Waals surface area contributed by atoms with Crippen molar-refractivity contribution in [2.45, 2.75) is 25.7 Å². The summed E-state index contributed by atoms with van der Waals surface area (Å²) in [5.41, 5.74) is 5.41. The minimum Gasteiger partial charge on any atom is -0.395 e. The Balaban J connectivity index is 2.67. The van der Waals surface area contributed by atoms with Crippen LogP contribution in [-0.4, -0.2) is 55.9 Å². The fourth-order valence-electron chi connectivity index (χ4n) is 2.53. The summed E-state index contributed by atoms with van der Waals surface area (Å²) in [5.74, 6) is 0.0867. The van der Waals surface area contributed by atoms with E-state index in [4.69, 9.17) is 15.6 Å². The molecular weight excluding hydrogens is 220 g/mol. The summed E-state index contributed by atoms with van der Waals surface area (Å²) in [6.45, 7) is 1.77. The largest absolute Gasteiger partial charge is 0.395 e. The number of carbonyl (C=O) groups is 1. The van der Waals surface area contributed by atoms with Crippen LogP contribution in [0.15, 0.2) is 0 Å². The van der Waals surface area contributed by atoms with Crippen LogP contribution in [0.25, 0.3) is 0 Å². The molecule has 1 saturated carbocycles. The third-order valence-electron chi connectivity index (χ3n) is 3.63. The van der Waals surface area contributed by atoms with Crippen molar-refractivity contribution in [3.05, 3.63) is 0 Å². The van der Waals surface area contributed by atoms with Gasteiger partial charge in [0, 0.05) is 26.7 Å². The molecule has 0 spiro atoms. The summed E-state index contributed by atoms with van der Waals surface area (Å²) in [6.07, 6.45) is 3.88. The zero-order valence-electron chi connectivity index (χ0n) is 10.7. The van der Waals surface area contributed by atoms with Crippen LogP contribution in [-0.2, 0) is 9.53 Å². The molecule has 17 heavy (non-hydrogen) atoms. The number of nitrogens with zero attached hydrogens (tertiary/aromatic N) is 1. The Hall–Kier alpha value is -0.650. The topological polar surface area (TPSA) is 75.8 Å². The quantitative estimate of drug-likeness (QED) is 0.659. The highest BCUT2D eigenvalue weighted by atomic mass is 16.5. The molecule has 1 rings (SSSR count). The number of hydrogen-bond acceptors (Lipinski definition) is 4. The number of nitrogens with two attached hydrogens (primary N) is 1. The summed E-state index contributed by atoms with van der Waals surface area (Å²) in [7, 11) is 1.61.